The van der Waals surface area contributed by atoms with Gasteiger partial charge in [0, 0.05) is 6.54 Å². The van der Waals surface area contributed by atoms with Crippen LogP contribution in [0.4, 0.5) is 9.59 Å². The zero-order chi connectivity index (χ0) is 28.7. The van der Waals surface area contributed by atoms with Crippen LogP contribution in [0, 0.1) is 0 Å². The summed E-state index contributed by atoms with van der Waals surface area (Å²) in [5, 5.41) is 2.69. The lowest BCUT2D eigenvalue weighted by Crippen LogP contribution is -2.51. The lowest BCUT2D eigenvalue weighted by molar-refractivity contribution is -0.0846. The van der Waals surface area contributed by atoms with Crippen LogP contribution >= 0.6 is 0 Å². The van der Waals surface area contributed by atoms with Gasteiger partial charge in [-0.3, -0.25) is 9.08 Å². The number of hydrogen-bond donors (Lipinski definition) is 1. The first kappa shape index (κ1) is 30.4. The molecule has 214 valence electrons. The maximum Gasteiger partial charge on any atom is 0.412 e. The smallest absolute Gasteiger partial charge is 0.412 e. The van der Waals surface area contributed by atoms with Gasteiger partial charge in [-0.2, -0.15) is 8.42 Å². The molecule has 39 heavy (non-hydrogen) atoms. The van der Waals surface area contributed by atoms with E-state index in [0.29, 0.717) is 5.56 Å². The summed E-state index contributed by atoms with van der Waals surface area (Å²) in [6, 6.07) is 17.3. The van der Waals surface area contributed by atoms with Crippen LogP contribution in [0.1, 0.15) is 52.2 Å². The summed E-state index contributed by atoms with van der Waals surface area (Å²) >= 11 is 0. The van der Waals surface area contributed by atoms with E-state index in [1.54, 1.807) is 65.0 Å². The number of carbonyl (C=O) groups excluding carboxylic acids is 2. The van der Waals surface area contributed by atoms with Crippen LogP contribution in [0.25, 0.3) is 0 Å². The zero-order valence-corrected chi connectivity index (χ0v) is 23.9. The van der Waals surface area contributed by atoms with E-state index in [1.807, 2.05) is 30.3 Å². The second kappa shape index (κ2) is 12.8. The Kier molecular flexibility index (Phi) is 9.98. The third kappa shape index (κ3) is 9.52. The summed E-state index contributed by atoms with van der Waals surface area (Å²) in [6.45, 7) is 8.62. The van der Waals surface area contributed by atoms with Crippen molar-refractivity contribution in [2.45, 2.75) is 76.9 Å². The summed E-state index contributed by atoms with van der Waals surface area (Å²) in [5.74, 6) is -0.292. The lowest BCUT2D eigenvalue weighted by atomic mass is 10.1. The van der Waals surface area contributed by atoms with Gasteiger partial charge in [0.2, 0.25) is 0 Å². The molecule has 10 nitrogen and oxygen atoms in total. The highest BCUT2D eigenvalue weighted by Crippen LogP contribution is 2.35. The Labute approximate surface area is 230 Å². The Morgan fingerprint density at radius 2 is 1.59 bits per heavy atom. The van der Waals surface area contributed by atoms with Crippen molar-refractivity contribution in [3.63, 3.8) is 0 Å². The molecule has 0 bridgehead atoms. The average Bonchev–Trinajstić information content (AvgIpc) is 3.11. The Morgan fingerprint density at radius 3 is 2.18 bits per heavy atom. The number of alkyl carbamates (subject to hydrolysis) is 1. The van der Waals surface area contributed by atoms with Crippen LogP contribution in [0.15, 0.2) is 60.7 Å². The summed E-state index contributed by atoms with van der Waals surface area (Å²) in [4.78, 5) is 26.9. The highest BCUT2D eigenvalue weighted by atomic mass is 32.2. The molecule has 3 rings (SSSR count). The summed E-state index contributed by atoms with van der Waals surface area (Å²) in [6.07, 6.45) is -1.77. The molecule has 0 spiro atoms. The van der Waals surface area contributed by atoms with Gasteiger partial charge in [-0.25, -0.2) is 9.59 Å². The summed E-state index contributed by atoms with van der Waals surface area (Å²) < 4.78 is 47.6. The minimum atomic E-state index is -3.92. The van der Waals surface area contributed by atoms with Crippen LogP contribution in [-0.2, 0) is 40.9 Å². The van der Waals surface area contributed by atoms with Gasteiger partial charge in [0.1, 0.15) is 29.8 Å². The molecule has 1 aliphatic rings. The number of benzene rings is 2. The molecule has 2 unspecified atom stereocenters. The van der Waals surface area contributed by atoms with Crippen molar-refractivity contribution in [2.75, 3.05) is 13.2 Å². The lowest BCUT2D eigenvalue weighted by Gasteiger charge is -2.35. The summed E-state index contributed by atoms with van der Waals surface area (Å²) in [5.41, 5.74) is -0.429. The maximum atomic E-state index is 13.2. The first-order valence-corrected chi connectivity index (χ1v) is 14.4. The van der Waals surface area contributed by atoms with Gasteiger partial charge in [0.05, 0.1) is 12.6 Å². The van der Waals surface area contributed by atoms with E-state index in [4.69, 9.17) is 18.4 Å². The highest BCUT2D eigenvalue weighted by Gasteiger charge is 2.51. The Morgan fingerprint density at radius 1 is 1.00 bits per heavy atom. The zero-order valence-electron chi connectivity index (χ0n) is 23.1. The molecule has 2 aromatic carbocycles. The molecule has 1 fully saturated rings. The standard InChI is InChI=1S/C28H38N2O8S/c1-27(2,3)38-26(32)30-23(16-17-29-25(31)35-18-21-12-8-6-9-13-21)24(37-28(30,4)5)19-36-39(33,34)20-22-14-10-7-11-15-22/h6-15,23-24H,16-20H2,1-5H3,(H,29,31). The van der Waals surface area contributed by atoms with E-state index in [9.17, 15) is 18.0 Å². The van der Waals surface area contributed by atoms with Gasteiger partial charge in [-0.05, 0) is 52.2 Å². The molecule has 2 aromatic rings. The van der Waals surface area contributed by atoms with E-state index in [2.05, 4.69) is 5.32 Å². The second-order valence-corrected chi connectivity index (χ2v) is 12.4. The number of ether oxygens (including phenoxy) is 3. The van der Waals surface area contributed by atoms with Crippen molar-refractivity contribution in [2.24, 2.45) is 0 Å². The van der Waals surface area contributed by atoms with Gasteiger partial charge in [0.15, 0.2) is 0 Å². The van der Waals surface area contributed by atoms with Crippen molar-refractivity contribution in [3.8, 4) is 0 Å². The third-order valence-electron chi connectivity index (χ3n) is 5.89. The molecule has 1 saturated heterocycles. The van der Waals surface area contributed by atoms with Crippen LogP contribution in [0.2, 0.25) is 0 Å². The predicted octanol–water partition coefficient (Wildman–Crippen LogP) is 4.59. The van der Waals surface area contributed by atoms with Gasteiger partial charge >= 0.3 is 12.2 Å². The first-order chi connectivity index (χ1) is 18.3. The molecule has 0 radical (unpaired) electrons. The van der Waals surface area contributed by atoms with Crippen molar-refractivity contribution in [1.29, 1.82) is 0 Å². The Hall–Kier alpha value is -3.15. The second-order valence-electron chi connectivity index (χ2n) is 10.8. The molecule has 1 N–H and O–H groups in total. The number of rotatable bonds is 10. The maximum absolute atomic E-state index is 13.2. The fraction of sp³-hybridized carbons (Fsp3) is 0.500. The largest absolute Gasteiger partial charge is 0.445 e. The van der Waals surface area contributed by atoms with Crippen molar-refractivity contribution in [3.05, 3.63) is 71.8 Å². The van der Waals surface area contributed by atoms with Crippen LogP contribution < -0.4 is 5.32 Å². The molecule has 0 aromatic heterocycles. The van der Waals surface area contributed by atoms with E-state index in [-0.39, 0.29) is 31.9 Å². The normalized spacial score (nSPS) is 18.9. The van der Waals surface area contributed by atoms with Crippen molar-refractivity contribution < 1.29 is 36.4 Å². The summed E-state index contributed by atoms with van der Waals surface area (Å²) in [7, 11) is -3.92. The molecular formula is C28H38N2O8S. The van der Waals surface area contributed by atoms with Crippen LogP contribution in [-0.4, -0.2) is 62.1 Å². The van der Waals surface area contributed by atoms with Crippen LogP contribution in [0.3, 0.4) is 0 Å². The highest BCUT2D eigenvalue weighted by molar-refractivity contribution is 7.85. The first-order valence-electron chi connectivity index (χ1n) is 12.8. The number of hydrogen-bond acceptors (Lipinski definition) is 8. The minimum absolute atomic E-state index is 0.117. The van der Waals surface area contributed by atoms with Crippen LogP contribution in [0.5, 0.6) is 0 Å². The average molecular weight is 563 g/mol. The molecule has 2 amide bonds. The van der Waals surface area contributed by atoms with Crippen molar-refractivity contribution in [1.82, 2.24) is 10.2 Å². The van der Waals surface area contributed by atoms with Gasteiger partial charge in [-0.15, -0.1) is 0 Å². The molecule has 1 heterocycles. The molecule has 0 saturated carbocycles. The Balaban J connectivity index is 1.67. The van der Waals surface area contributed by atoms with Gasteiger partial charge < -0.3 is 19.5 Å². The number of nitrogens with one attached hydrogen (secondary N) is 1. The van der Waals surface area contributed by atoms with E-state index < -0.39 is 45.8 Å². The molecule has 1 aliphatic heterocycles. The quantitative estimate of drug-likeness (QED) is 0.418. The number of carbonyl (C=O) groups is 2. The Bertz CT molecular complexity index is 1200. The number of nitrogens with zero attached hydrogens (tertiary/aromatic N) is 1. The van der Waals surface area contributed by atoms with Gasteiger partial charge in [0.25, 0.3) is 10.1 Å². The SMILES string of the molecule is CC(C)(C)OC(=O)N1C(CCNC(=O)OCc2ccccc2)C(COS(=O)(=O)Cc2ccccc2)OC1(C)C. The van der Waals surface area contributed by atoms with E-state index in [1.165, 1.54) is 4.90 Å². The molecule has 0 aliphatic carbocycles. The third-order valence-corrected chi connectivity index (χ3v) is 7.07. The van der Waals surface area contributed by atoms with Crippen molar-refractivity contribution >= 4 is 22.3 Å². The fourth-order valence-electron chi connectivity index (χ4n) is 4.28. The predicted molar refractivity (Wildman–Crippen MR) is 145 cm³/mol. The molecule has 11 heteroatoms. The van der Waals surface area contributed by atoms with E-state index in [0.717, 1.165) is 5.56 Å². The fourth-order valence-corrected chi connectivity index (χ4v) is 5.31. The minimum Gasteiger partial charge on any atom is -0.445 e. The van der Waals surface area contributed by atoms with Gasteiger partial charge in [-0.1, -0.05) is 60.7 Å². The monoisotopic (exact) mass is 562 g/mol. The van der Waals surface area contributed by atoms with E-state index >= 15 is 0 Å². The molecule has 2 atom stereocenters. The topological polar surface area (TPSA) is 120 Å². The number of amides is 2. The molecular weight excluding hydrogens is 524 g/mol.